The van der Waals surface area contributed by atoms with Crippen molar-refractivity contribution in [3.05, 3.63) is 71.8 Å². The van der Waals surface area contributed by atoms with Crippen molar-refractivity contribution < 1.29 is 70.5 Å². The topological polar surface area (TPSA) is 249 Å². The second kappa shape index (κ2) is 27.6. The maximum absolute atomic E-state index is 14.5. The number of alkyl carbamates (subject to hydrolysis) is 3. The minimum atomic E-state index is -4.62. The molecule has 3 rings (SSSR count). The van der Waals surface area contributed by atoms with E-state index in [4.69, 9.17) is 18.9 Å². The van der Waals surface area contributed by atoms with E-state index in [0.29, 0.717) is 17.5 Å². The first kappa shape index (κ1) is 61.7. The summed E-state index contributed by atoms with van der Waals surface area (Å²) in [7, 11) is 1.15. The number of methoxy groups -OCH3 is 1. The zero-order valence-corrected chi connectivity index (χ0v) is 44.3. The number of unbranched alkanes of at least 4 members (excludes halogenated alkanes) is 1. The number of hydrogen-bond donors (Lipinski definition) is 6. The van der Waals surface area contributed by atoms with Crippen molar-refractivity contribution in [2.75, 3.05) is 26.7 Å². The molecule has 1 heterocycles. The van der Waals surface area contributed by atoms with Crippen LogP contribution in [0.3, 0.4) is 0 Å². The van der Waals surface area contributed by atoms with Crippen LogP contribution >= 0.6 is 0 Å². The molecule has 0 aromatic heterocycles. The van der Waals surface area contributed by atoms with Crippen molar-refractivity contribution in [1.82, 2.24) is 36.8 Å². The lowest BCUT2D eigenvalue weighted by molar-refractivity contribution is -0.153. The highest BCUT2D eigenvalue weighted by molar-refractivity contribution is 5.96. The molecule has 1 aliphatic rings. The van der Waals surface area contributed by atoms with Crippen LogP contribution in [0.4, 0.5) is 27.6 Å². The number of esters is 1. The van der Waals surface area contributed by atoms with Crippen molar-refractivity contribution in [3.63, 3.8) is 0 Å². The highest BCUT2D eigenvalue weighted by atomic mass is 19.4. The summed E-state index contributed by atoms with van der Waals surface area (Å²) < 4.78 is 61.9. The average molecular weight is 1050 g/mol. The summed E-state index contributed by atoms with van der Waals surface area (Å²) in [4.78, 5) is 110. The van der Waals surface area contributed by atoms with Gasteiger partial charge in [-0.25, -0.2) is 19.2 Å². The molecule has 1 aliphatic heterocycles. The Labute approximate surface area is 431 Å². The maximum atomic E-state index is 14.5. The Bertz CT molecular complexity index is 2190. The average Bonchev–Trinajstić information content (AvgIpc) is 3.28. The summed E-state index contributed by atoms with van der Waals surface area (Å²) in [5.41, 5.74) is -2.95. The molecule has 4 atom stereocenters. The number of benzene rings is 2. The Balaban J connectivity index is 1.97. The molecule has 0 saturated carbocycles. The van der Waals surface area contributed by atoms with Crippen molar-refractivity contribution in [2.45, 2.75) is 179 Å². The number of alkyl halides is 3. The second-order valence-corrected chi connectivity index (χ2v) is 21.2. The zero-order chi connectivity index (χ0) is 55.5. The number of rotatable bonds is 22. The third-order valence-electron chi connectivity index (χ3n) is 11.2. The standard InChI is InChI=1S/C52H76F3N7O12/c1-48(2,3)72-45(68)56-29-18-17-24-37(43(66)62-30-27-51(28-31-62,44(67)71-10)61-47(70)74-50(7,8)9)58-40(63)36(25-19-26-52(53,54)55)57-41(64)38(32-34-20-13-11-14-21-34)59-42(65)39(33-35-22-15-12-16-23-35)60-46(69)73-49(4,5)6/h11-16,20-23,36-39H,17-19,24-33H2,1-10H3,(H,56,68)(H,57,64)(H,58,63)(H,59,65)(H,60,69)(H,61,70)/t36?,37-,38-,39-/m1/s1. The van der Waals surface area contributed by atoms with Gasteiger partial charge in [0.15, 0.2) is 0 Å². The Morgan fingerprint density at radius 2 is 1.00 bits per heavy atom. The molecular weight excluding hydrogens is 972 g/mol. The van der Waals surface area contributed by atoms with Crippen LogP contribution in [0.2, 0.25) is 0 Å². The fourth-order valence-corrected chi connectivity index (χ4v) is 7.80. The van der Waals surface area contributed by atoms with Gasteiger partial charge in [-0.05, 0) is 118 Å². The van der Waals surface area contributed by atoms with Crippen LogP contribution in [-0.4, -0.2) is 132 Å². The quantitative estimate of drug-likeness (QED) is 0.0432. The van der Waals surface area contributed by atoms with Crippen LogP contribution in [0.15, 0.2) is 60.7 Å². The van der Waals surface area contributed by atoms with Crippen LogP contribution in [0, 0.1) is 0 Å². The van der Waals surface area contributed by atoms with Crippen LogP contribution in [0.1, 0.15) is 125 Å². The summed E-state index contributed by atoms with van der Waals surface area (Å²) in [6.45, 7) is 14.8. The molecule has 0 bridgehead atoms. The SMILES string of the molecule is COC(=O)C1(NC(=O)OC(C)(C)C)CCN(C(=O)[C@@H](CCCCNC(=O)OC(C)(C)C)NC(=O)C(CCCC(F)(F)F)NC(=O)[C@@H](Cc2ccccc2)NC(=O)[C@@H](Cc2ccccc2)NC(=O)OC(C)(C)C)CC1. The number of amides is 7. The number of nitrogens with one attached hydrogen (secondary N) is 6. The third kappa shape index (κ3) is 23.1. The molecule has 2 aromatic carbocycles. The van der Waals surface area contributed by atoms with Gasteiger partial charge in [0.1, 0.15) is 46.5 Å². The summed E-state index contributed by atoms with van der Waals surface area (Å²) in [6, 6.07) is 11.5. The Kier molecular flexibility index (Phi) is 23.0. The molecule has 6 N–H and O–H groups in total. The van der Waals surface area contributed by atoms with Gasteiger partial charge in [0.2, 0.25) is 23.6 Å². The predicted molar refractivity (Wildman–Crippen MR) is 267 cm³/mol. The summed E-state index contributed by atoms with van der Waals surface area (Å²) in [5.74, 6) is -4.17. The van der Waals surface area contributed by atoms with Gasteiger partial charge in [0.05, 0.1) is 7.11 Å². The number of nitrogens with zero attached hydrogens (tertiary/aromatic N) is 1. The maximum Gasteiger partial charge on any atom is 0.408 e. The van der Waals surface area contributed by atoms with Crippen molar-refractivity contribution in [2.24, 2.45) is 0 Å². The first-order valence-corrected chi connectivity index (χ1v) is 24.8. The third-order valence-corrected chi connectivity index (χ3v) is 11.2. The van der Waals surface area contributed by atoms with Crippen molar-refractivity contribution >= 4 is 47.9 Å². The van der Waals surface area contributed by atoms with E-state index in [-0.39, 0.29) is 58.2 Å². The number of halogens is 3. The van der Waals surface area contributed by atoms with Gasteiger partial charge in [-0.15, -0.1) is 0 Å². The number of likely N-dealkylation sites (tertiary alicyclic amines) is 1. The number of carbonyl (C=O) groups excluding carboxylic acids is 8. The lowest BCUT2D eigenvalue weighted by atomic mass is 9.87. The van der Waals surface area contributed by atoms with E-state index in [0.717, 1.165) is 7.11 Å². The minimum Gasteiger partial charge on any atom is -0.467 e. The van der Waals surface area contributed by atoms with E-state index in [2.05, 4.69) is 31.9 Å². The van der Waals surface area contributed by atoms with Crippen molar-refractivity contribution in [3.8, 4) is 0 Å². The molecule has 74 heavy (non-hydrogen) atoms. The predicted octanol–water partition coefficient (Wildman–Crippen LogP) is 6.31. The van der Waals surface area contributed by atoms with Crippen LogP contribution in [-0.2, 0) is 55.8 Å². The molecule has 7 amide bonds. The molecule has 0 spiro atoms. The molecule has 1 fully saturated rings. The van der Waals surface area contributed by atoms with Gasteiger partial charge in [-0.1, -0.05) is 60.7 Å². The summed E-state index contributed by atoms with van der Waals surface area (Å²) in [5, 5.41) is 15.7. The largest absolute Gasteiger partial charge is 0.467 e. The van der Waals surface area contributed by atoms with Crippen LogP contribution in [0.5, 0.6) is 0 Å². The fourth-order valence-electron chi connectivity index (χ4n) is 7.80. The van der Waals surface area contributed by atoms with E-state index < -0.39 is 120 Å². The molecule has 22 heteroatoms. The lowest BCUT2D eigenvalue weighted by Gasteiger charge is -2.41. The van der Waals surface area contributed by atoms with E-state index in [9.17, 15) is 51.5 Å². The van der Waals surface area contributed by atoms with Crippen LogP contribution < -0.4 is 31.9 Å². The first-order valence-electron chi connectivity index (χ1n) is 24.8. The van der Waals surface area contributed by atoms with Gasteiger partial charge in [0.25, 0.3) is 0 Å². The Morgan fingerprint density at radius 1 is 0.568 bits per heavy atom. The van der Waals surface area contributed by atoms with Gasteiger partial charge in [-0.3, -0.25) is 19.2 Å². The summed E-state index contributed by atoms with van der Waals surface area (Å²) >= 11 is 0. The number of carbonyl (C=O) groups is 8. The molecule has 0 aliphatic carbocycles. The first-order chi connectivity index (χ1) is 34.4. The van der Waals surface area contributed by atoms with Gasteiger partial charge in [0, 0.05) is 38.9 Å². The molecule has 19 nitrogen and oxygen atoms in total. The van der Waals surface area contributed by atoms with Gasteiger partial charge < -0.3 is 55.7 Å². The summed E-state index contributed by atoms with van der Waals surface area (Å²) in [6.07, 6.45) is -9.49. The van der Waals surface area contributed by atoms with Crippen molar-refractivity contribution in [1.29, 1.82) is 0 Å². The molecular formula is C52H76F3N7O12. The molecule has 1 unspecified atom stereocenters. The van der Waals surface area contributed by atoms with E-state index in [1.54, 1.807) is 123 Å². The lowest BCUT2D eigenvalue weighted by Crippen LogP contribution is -2.63. The second-order valence-electron chi connectivity index (χ2n) is 21.2. The minimum absolute atomic E-state index is 0.0263. The normalized spacial score (nSPS) is 15.4. The number of hydrogen-bond acceptors (Lipinski definition) is 12. The van der Waals surface area contributed by atoms with Gasteiger partial charge in [-0.2, -0.15) is 13.2 Å². The number of ether oxygens (including phenoxy) is 4. The van der Waals surface area contributed by atoms with Gasteiger partial charge >= 0.3 is 30.4 Å². The number of piperidine rings is 1. The Morgan fingerprint density at radius 3 is 1.49 bits per heavy atom. The Hall–Kier alpha value is -6.61. The molecule has 0 radical (unpaired) electrons. The molecule has 1 saturated heterocycles. The van der Waals surface area contributed by atoms with E-state index in [1.165, 1.54) is 4.90 Å². The zero-order valence-electron chi connectivity index (χ0n) is 44.3. The van der Waals surface area contributed by atoms with Crippen LogP contribution in [0.25, 0.3) is 0 Å². The highest BCUT2D eigenvalue weighted by Crippen LogP contribution is 2.27. The fraction of sp³-hybridized carbons (Fsp3) is 0.615. The monoisotopic (exact) mass is 1050 g/mol. The highest BCUT2D eigenvalue weighted by Gasteiger charge is 2.46. The van der Waals surface area contributed by atoms with E-state index in [1.807, 2.05) is 0 Å². The van der Waals surface area contributed by atoms with E-state index >= 15 is 0 Å². The molecule has 412 valence electrons. The molecule has 2 aromatic rings. The smallest absolute Gasteiger partial charge is 0.408 e.